The first-order valence-electron chi connectivity index (χ1n) is 5.31. The van der Waals surface area contributed by atoms with Gasteiger partial charge >= 0.3 is 5.97 Å². The van der Waals surface area contributed by atoms with Crippen LogP contribution < -0.4 is 5.73 Å². The number of rotatable bonds is 3. The average molecular weight is 248 g/mol. The van der Waals surface area contributed by atoms with Gasteiger partial charge in [0.05, 0.1) is 19.0 Å². The van der Waals surface area contributed by atoms with Crippen LogP contribution in [0.2, 0.25) is 0 Å². The van der Waals surface area contributed by atoms with Crippen molar-refractivity contribution in [3.05, 3.63) is 23.9 Å². The van der Waals surface area contributed by atoms with Gasteiger partial charge < -0.3 is 10.5 Å². The van der Waals surface area contributed by atoms with Crippen molar-refractivity contribution in [1.82, 2.24) is 24.7 Å². The predicted octanol–water partition coefficient (Wildman–Crippen LogP) is 0.125. The zero-order valence-electron chi connectivity index (χ0n) is 9.99. The molecule has 2 aromatic heterocycles. The second-order valence-corrected chi connectivity index (χ2v) is 3.39. The maximum atomic E-state index is 11.6. The number of carbonyl (C=O) groups excluding carboxylic acids is 1. The number of esters is 1. The Hall–Kier alpha value is -2.51. The van der Waals surface area contributed by atoms with Gasteiger partial charge in [-0.1, -0.05) is 0 Å². The third-order valence-electron chi connectivity index (χ3n) is 2.22. The summed E-state index contributed by atoms with van der Waals surface area (Å²) >= 11 is 0. The first kappa shape index (κ1) is 12.0. The van der Waals surface area contributed by atoms with Gasteiger partial charge in [0.2, 0.25) is 0 Å². The molecule has 0 saturated heterocycles. The van der Waals surface area contributed by atoms with Gasteiger partial charge in [-0.15, -0.1) is 5.10 Å². The number of anilines is 1. The summed E-state index contributed by atoms with van der Waals surface area (Å²) < 4.78 is 6.31. The first-order valence-corrected chi connectivity index (χ1v) is 5.31. The number of nitrogen functional groups attached to an aromatic ring is 1. The third kappa shape index (κ3) is 1.99. The van der Waals surface area contributed by atoms with Crippen LogP contribution in [0.5, 0.6) is 0 Å². The van der Waals surface area contributed by atoms with Crippen molar-refractivity contribution in [2.75, 3.05) is 12.3 Å². The molecule has 0 aliphatic carbocycles. The summed E-state index contributed by atoms with van der Waals surface area (Å²) in [6.45, 7) is 3.66. The van der Waals surface area contributed by atoms with Gasteiger partial charge in [-0.3, -0.25) is 0 Å². The molecule has 0 saturated carbocycles. The first-order chi connectivity index (χ1) is 8.65. The molecule has 0 radical (unpaired) electrons. The van der Waals surface area contributed by atoms with Crippen molar-refractivity contribution >= 4 is 11.8 Å². The Bertz CT molecular complexity index is 565. The standard InChI is InChI=1S/C10H12N6O2/c1-3-18-9(17)7-8(11)16(6(2)14-7)10-12-4-5-13-15-10/h4-5H,3,11H2,1-2H3. The van der Waals surface area contributed by atoms with E-state index in [0.717, 1.165) is 0 Å². The van der Waals surface area contributed by atoms with Gasteiger partial charge in [0, 0.05) is 0 Å². The SMILES string of the molecule is CCOC(=O)c1nc(C)n(-c2nccnn2)c1N. The molecule has 0 spiro atoms. The second kappa shape index (κ2) is 4.78. The number of nitrogens with zero attached hydrogens (tertiary/aromatic N) is 5. The zero-order chi connectivity index (χ0) is 13.1. The van der Waals surface area contributed by atoms with Gasteiger partial charge in [-0.25, -0.2) is 19.3 Å². The van der Waals surface area contributed by atoms with Crippen molar-refractivity contribution in [3.63, 3.8) is 0 Å². The topological polar surface area (TPSA) is 109 Å². The highest BCUT2D eigenvalue weighted by molar-refractivity contribution is 5.92. The highest BCUT2D eigenvalue weighted by Crippen LogP contribution is 2.18. The van der Waals surface area contributed by atoms with E-state index in [1.807, 2.05) is 0 Å². The Kier molecular flexibility index (Phi) is 3.18. The highest BCUT2D eigenvalue weighted by Gasteiger charge is 2.21. The van der Waals surface area contributed by atoms with Crippen molar-refractivity contribution in [2.45, 2.75) is 13.8 Å². The van der Waals surface area contributed by atoms with Crippen molar-refractivity contribution < 1.29 is 9.53 Å². The Morgan fingerprint density at radius 3 is 2.89 bits per heavy atom. The number of nitrogens with two attached hydrogens (primary N) is 1. The smallest absolute Gasteiger partial charge is 0.360 e. The maximum absolute atomic E-state index is 11.6. The molecule has 2 heterocycles. The van der Waals surface area contributed by atoms with Crippen molar-refractivity contribution in [1.29, 1.82) is 0 Å². The fraction of sp³-hybridized carbons (Fsp3) is 0.300. The van der Waals surface area contributed by atoms with E-state index < -0.39 is 5.97 Å². The monoisotopic (exact) mass is 248 g/mol. The van der Waals surface area contributed by atoms with Gasteiger partial charge in [0.15, 0.2) is 5.69 Å². The van der Waals surface area contributed by atoms with E-state index >= 15 is 0 Å². The van der Waals surface area contributed by atoms with E-state index in [9.17, 15) is 4.79 Å². The Morgan fingerprint density at radius 1 is 1.50 bits per heavy atom. The van der Waals surface area contributed by atoms with Crippen LogP contribution in [0.1, 0.15) is 23.2 Å². The van der Waals surface area contributed by atoms with E-state index in [1.165, 1.54) is 17.0 Å². The summed E-state index contributed by atoms with van der Waals surface area (Å²) in [5.41, 5.74) is 5.92. The molecule has 8 heteroatoms. The lowest BCUT2D eigenvalue weighted by atomic mass is 10.4. The van der Waals surface area contributed by atoms with Gasteiger partial charge in [0.25, 0.3) is 5.95 Å². The van der Waals surface area contributed by atoms with E-state index in [-0.39, 0.29) is 24.1 Å². The molecule has 0 atom stereocenters. The number of hydrogen-bond donors (Lipinski definition) is 1. The molecule has 18 heavy (non-hydrogen) atoms. The molecule has 0 bridgehead atoms. The Morgan fingerprint density at radius 2 is 2.28 bits per heavy atom. The fourth-order valence-electron chi connectivity index (χ4n) is 1.49. The van der Waals surface area contributed by atoms with Gasteiger partial charge in [0.1, 0.15) is 11.6 Å². The molecule has 0 fully saturated rings. The van der Waals surface area contributed by atoms with Crippen LogP contribution >= 0.6 is 0 Å². The minimum Gasteiger partial charge on any atom is -0.461 e. The molecule has 8 nitrogen and oxygen atoms in total. The van der Waals surface area contributed by atoms with E-state index in [1.54, 1.807) is 13.8 Å². The van der Waals surface area contributed by atoms with Gasteiger partial charge in [-0.2, -0.15) is 5.10 Å². The molecular weight excluding hydrogens is 236 g/mol. The second-order valence-electron chi connectivity index (χ2n) is 3.39. The van der Waals surface area contributed by atoms with Crippen molar-refractivity contribution in [3.8, 4) is 5.95 Å². The number of carbonyl (C=O) groups is 1. The molecule has 2 N–H and O–H groups in total. The average Bonchev–Trinajstić information content (AvgIpc) is 2.66. The number of aryl methyl sites for hydroxylation is 1. The summed E-state index contributed by atoms with van der Waals surface area (Å²) in [5, 5.41) is 7.52. The minimum atomic E-state index is -0.569. The summed E-state index contributed by atoms with van der Waals surface area (Å²) in [5.74, 6) is 0.318. The number of imidazole rings is 1. The van der Waals surface area contributed by atoms with Gasteiger partial charge in [-0.05, 0) is 13.8 Å². The van der Waals surface area contributed by atoms with Crippen LogP contribution in [0.3, 0.4) is 0 Å². The highest BCUT2D eigenvalue weighted by atomic mass is 16.5. The lowest BCUT2D eigenvalue weighted by molar-refractivity contribution is 0.0521. The lowest BCUT2D eigenvalue weighted by Crippen LogP contribution is -2.11. The molecule has 2 aromatic rings. The summed E-state index contributed by atoms with van der Waals surface area (Å²) in [7, 11) is 0. The van der Waals surface area contributed by atoms with E-state index in [4.69, 9.17) is 10.5 Å². The lowest BCUT2D eigenvalue weighted by Gasteiger charge is -2.03. The fourth-order valence-corrected chi connectivity index (χ4v) is 1.49. The van der Waals surface area contributed by atoms with Crippen LogP contribution in [0.15, 0.2) is 12.4 Å². The summed E-state index contributed by atoms with van der Waals surface area (Å²) in [6, 6.07) is 0. The molecule has 94 valence electrons. The number of aromatic nitrogens is 5. The zero-order valence-corrected chi connectivity index (χ0v) is 9.99. The van der Waals surface area contributed by atoms with Crippen molar-refractivity contribution in [2.24, 2.45) is 0 Å². The molecule has 0 unspecified atom stereocenters. The summed E-state index contributed by atoms with van der Waals surface area (Å²) in [4.78, 5) is 19.7. The molecular formula is C10H12N6O2. The third-order valence-corrected chi connectivity index (χ3v) is 2.22. The van der Waals surface area contributed by atoms with Crippen LogP contribution in [0, 0.1) is 6.92 Å². The molecule has 0 aromatic carbocycles. The van der Waals surface area contributed by atoms with Crippen LogP contribution in [0.4, 0.5) is 5.82 Å². The largest absolute Gasteiger partial charge is 0.461 e. The van der Waals surface area contributed by atoms with Crippen LogP contribution in [0.25, 0.3) is 5.95 Å². The number of hydrogen-bond acceptors (Lipinski definition) is 7. The molecule has 0 aliphatic heterocycles. The number of ether oxygens (including phenoxy) is 1. The minimum absolute atomic E-state index is 0.0572. The molecule has 0 aliphatic rings. The van der Waals surface area contributed by atoms with Crippen LogP contribution in [-0.4, -0.2) is 37.3 Å². The van der Waals surface area contributed by atoms with Crippen LogP contribution in [-0.2, 0) is 4.74 Å². The Balaban J connectivity index is 2.48. The predicted molar refractivity (Wildman–Crippen MR) is 62.1 cm³/mol. The normalized spacial score (nSPS) is 10.3. The Labute approximate surface area is 103 Å². The molecule has 2 rings (SSSR count). The molecule has 0 amide bonds. The summed E-state index contributed by atoms with van der Waals surface area (Å²) in [6.07, 6.45) is 2.92. The van der Waals surface area contributed by atoms with E-state index in [0.29, 0.717) is 5.82 Å². The maximum Gasteiger partial charge on any atom is 0.360 e. The van der Waals surface area contributed by atoms with E-state index in [2.05, 4.69) is 20.2 Å². The quantitative estimate of drug-likeness (QED) is 0.768.